The van der Waals surface area contributed by atoms with Crippen LogP contribution in [0, 0.1) is 0 Å². The maximum absolute atomic E-state index is 12.4. The van der Waals surface area contributed by atoms with E-state index in [1.54, 1.807) is 13.8 Å². The average molecular weight is 277 g/mol. The first kappa shape index (κ1) is 13.9. The van der Waals surface area contributed by atoms with Crippen LogP contribution in [0.2, 0.25) is 0 Å². The third-order valence-corrected chi connectivity index (χ3v) is 3.19. The van der Waals surface area contributed by atoms with Crippen LogP contribution in [0.3, 0.4) is 0 Å². The third-order valence-electron chi connectivity index (χ3n) is 3.19. The van der Waals surface area contributed by atoms with E-state index in [2.05, 4.69) is 15.7 Å². The second-order valence-corrected chi connectivity index (χ2v) is 4.90. The molecule has 8 heteroatoms. The molecule has 0 saturated carbocycles. The van der Waals surface area contributed by atoms with Gasteiger partial charge in [0.25, 0.3) is 11.8 Å². The van der Waals surface area contributed by atoms with E-state index in [0.717, 1.165) is 0 Å². The Labute approximate surface area is 115 Å². The summed E-state index contributed by atoms with van der Waals surface area (Å²) in [5.74, 6) is 4.16. The predicted molar refractivity (Wildman–Crippen MR) is 70.3 cm³/mol. The number of nitrogens with one attached hydrogen (secondary N) is 2. The molecule has 1 aromatic rings. The first-order valence-electron chi connectivity index (χ1n) is 5.95. The number of piperazine rings is 1. The summed E-state index contributed by atoms with van der Waals surface area (Å²) in [6.07, 6.45) is 1.34. The first-order valence-corrected chi connectivity index (χ1v) is 5.95. The van der Waals surface area contributed by atoms with Crippen LogP contribution in [0.5, 0.6) is 0 Å². The van der Waals surface area contributed by atoms with E-state index in [1.807, 2.05) is 0 Å². The quantitative estimate of drug-likeness (QED) is 0.372. The van der Waals surface area contributed by atoms with E-state index in [-0.39, 0.29) is 12.1 Å². The molecule has 1 saturated heterocycles. The van der Waals surface area contributed by atoms with Crippen molar-refractivity contribution in [2.45, 2.75) is 19.4 Å². The topological polar surface area (TPSA) is 117 Å². The molecule has 0 aromatic carbocycles. The van der Waals surface area contributed by atoms with Crippen molar-refractivity contribution in [2.75, 3.05) is 12.0 Å². The molecule has 1 aliphatic rings. The zero-order valence-corrected chi connectivity index (χ0v) is 11.1. The number of aromatic nitrogens is 1. The number of hydrogen-bond acceptors (Lipinski definition) is 6. The number of pyridine rings is 1. The van der Waals surface area contributed by atoms with Gasteiger partial charge >= 0.3 is 0 Å². The number of nitrogen functional groups attached to an aromatic ring is 1. The van der Waals surface area contributed by atoms with Gasteiger partial charge in [0, 0.05) is 6.20 Å². The molecule has 3 amide bonds. The fourth-order valence-corrected chi connectivity index (χ4v) is 1.87. The molecule has 1 aromatic heterocycles. The molecule has 0 radical (unpaired) electrons. The normalized spacial score (nSPS) is 17.6. The maximum Gasteiger partial charge on any atom is 0.256 e. The van der Waals surface area contributed by atoms with Gasteiger partial charge in [0.15, 0.2) is 0 Å². The molecule has 0 aliphatic carbocycles. The molecule has 0 atom stereocenters. The Morgan fingerprint density at radius 1 is 1.45 bits per heavy atom. The third kappa shape index (κ3) is 2.32. The lowest BCUT2D eigenvalue weighted by Gasteiger charge is -2.40. The second-order valence-electron chi connectivity index (χ2n) is 4.90. The highest BCUT2D eigenvalue weighted by Crippen LogP contribution is 2.21. The largest absolute Gasteiger partial charge is 0.315 e. The second kappa shape index (κ2) is 4.89. The number of anilines is 1. The van der Waals surface area contributed by atoms with Gasteiger partial charge in [0.05, 0.1) is 5.56 Å². The molecule has 106 valence electrons. The minimum Gasteiger partial charge on any atom is -0.315 e. The Morgan fingerprint density at radius 3 is 2.70 bits per heavy atom. The van der Waals surface area contributed by atoms with Crippen molar-refractivity contribution in [3.63, 3.8) is 0 Å². The molecule has 1 fully saturated rings. The number of imide groups is 1. The van der Waals surface area contributed by atoms with Crippen LogP contribution in [0.15, 0.2) is 18.3 Å². The van der Waals surface area contributed by atoms with E-state index < -0.39 is 23.3 Å². The monoisotopic (exact) mass is 277 g/mol. The SMILES string of the molecule is CC1(C)C(=O)NC(=O)CN1C(=O)c1ccc(NN)nc1. The highest BCUT2D eigenvalue weighted by atomic mass is 16.2. The van der Waals surface area contributed by atoms with Crippen LogP contribution < -0.4 is 16.6 Å². The van der Waals surface area contributed by atoms with Crippen LogP contribution >= 0.6 is 0 Å². The summed E-state index contributed by atoms with van der Waals surface area (Å²) in [7, 11) is 0. The maximum atomic E-state index is 12.4. The van der Waals surface area contributed by atoms with Crippen LogP contribution in [0.25, 0.3) is 0 Å². The van der Waals surface area contributed by atoms with E-state index in [0.29, 0.717) is 5.82 Å². The molecule has 2 heterocycles. The Hall–Kier alpha value is -2.48. The van der Waals surface area contributed by atoms with Crippen molar-refractivity contribution in [3.05, 3.63) is 23.9 Å². The van der Waals surface area contributed by atoms with Crippen molar-refractivity contribution in [3.8, 4) is 0 Å². The van der Waals surface area contributed by atoms with Crippen LogP contribution in [-0.2, 0) is 9.59 Å². The number of rotatable bonds is 2. The fraction of sp³-hybridized carbons (Fsp3) is 0.333. The summed E-state index contributed by atoms with van der Waals surface area (Å²) in [5.41, 5.74) is 1.52. The van der Waals surface area contributed by atoms with Gasteiger partial charge in [-0.15, -0.1) is 0 Å². The lowest BCUT2D eigenvalue weighted by molar-refractivity contribution is -0.143. The summed E-state index contributed by atoms with van der Waals surface area (Å²) in [6, 6.07) is 3.06. The summed E-state index contributed by atoms with van der Waals surface area (Å²) in [6.45, 7) is 2.99. The van der Waals surface area contributed by atoms with Gasteiger partial charge in [-0.05, 0) is 26.0 Å². The van der Waals surface area contributed by atoms with Gasteiger partial charge in [-0.2, -0.15) is 0 Å². The van der Waals surface area contributed by atoms with Gasteiger partial charge in [0.2, 0.25) is 5.91 Å². The Morgan fingerprint density at radius 2 is 2.15 bits per heavy atom. The molecule has 4 N–H and O–H groups in total. The van der Waals surface area contributed by atoms with Crippen molar-refractivity contribution in [1.29, 1.82) is 0 Å². The smallest absolute Gasteiger partial charge is 0.256 e. The Balaban J connectivity index is 2.30. The number of hydrazine groups is 1. The molecular formula is C12H15N5O3. The minimum atomic E-state index is -1.10. The molecule has 2 rings (SSSR count). The lowest BCUT2D eigenvalue weighted by atomic mass is 9.97. The fourth-order valence-electron chi connectivity index (χ4n) is 1.87. The average Bonchev–Trinajstić information content (AvgIpc) is 2.42. The van der Waals surface area contributed by atoms with Gasteiger partial charge in [-0.1, -0.05) is 0 Å². The lowest BCUT2D eigenvalue weighted by Crippen LogP contribution is -2.65. The summed E-state index contributed by atoms with van der Waals surface area (Å²) in [4.78, 5) is 40.8. The van der Waals surface area contributed by atoms with Crippen LogP contribution in [0.4, 0.5) is 5.82 Å². The number of carbonyl (C=O) groups excluding carboxylic acids is 3. The zero-order valence-electron chi connectivity index (χ0n) is 11.1. The summed E-state index contributed by atoms with van der Waals surface area (Å²) < 4.78 is 0. The Bertz CT molecular complexity index is 567. The highest BCUT2D eigenvalue weighted by Gasteiger charge is 2.43. The standard InChI is InChI=1S/C12H15N5O3/c1-12(2)11(20)15-9(18)6-17(12)10(19)7-3-4-8(16-13)14-5-7/h3-5H,6,13H2,1-2H3,(H,14,16)(H,15,18,20). The zero-order chi connectivity index (χ0) is 14.9. The molecule has 0 bridgehead atoms. The number of amides is 3. The van der Waals surface area contributed by atoms with Gasteiger partial charge < -0.3 is 10.3 Å². The van der Waals surface area contributed by atoms with Gasteiger partial charge in [0.1, 0.15) is 17.9 Å². The van der Waals surface area contributed by atoms with Crippen molar-refractivity contribution < 1.29 is 14.4 Å². The van der Waals surface area contributed by atoms with E-state index in [4.69, 9.17) is 5.84 Å². The van der Waals surface area contributed by atoms with Gasteiger partial charge in [-0.3, -0.25) is 19.7 Å². The predicted octanol–water partition coefficient (Wildman–Crippen LogP) is -0.756. The molecule has 1 aliphatic heterocycles. The number of hydrogen-bond donors (Lipinski definition) is 3. The van der Waals surface area contributed by atoms with Crippen LogP contribution in [-0.4, -0.2) is 39.7 Å². The highest BCUT2D eigenvalue weighted by molar-refractivity contribution is 6.08. The van der Waals surface area contributed by atoms with E-state index >= 15 is 0 Å². The molecular weight excluding hydrogens is 262 g/mol. The molecule has 0 spiro atoms. The van der Waals surface area contributed by atoms with E-state index in [9.17, 15) is 14.4 Å². The molecule has 8 nitrogen and oxygen atoms in total. The number of carbonyl (C=O) groups is 3. The Kier molecular flexibility index (Phi) is 3.41. The van der Waals surface area contributed by atoms with Gasteiger partial charge in [-0.25, -0.2) is 10.8 Å². The summed E-state index contributed by atoms with van der Waals surface area (Å²) >= 11 is 0. The first-order chi connectivity index (χ1) is 9.36. The van der Waals surface area contributed by atoms with E-state index in [1.165, 1.54) is 23.2 Å². The van der Waals surface area contributed by atoms with Crippen molar-refractivity contribution >= 4 is 23.5 Å². The summed E-state index contributed by atoms with van der Waals surface area (Å²) in [5, 5.41) is 2.21. The molecule has 20 heavy (non-hydrogen) atoms. The minimum absolute atomic E-state index is 0.172. The number of nitrogens with two attached hydrogens (primary N) is 1. The molecule has 0 unspecified atom stereocenters. The van der Waals surface area contributed by atoms with Crippen LogP contribution in [0.1, 0.15) is 24.2 Å². The van der Waals surface area contributed by atoms with Crippen molar-refractivity contribution in [1.82, 2.24) is 15.2 Å². The van der Waals surface area contributed by atoms with Crippen molar-refractivity contribution in [2.24, 2.45) is 5.84 Å². The number of nitrogens with zero attached hydrogens (tertiary/aromatic N) is 2.